The van der Waals surface area contributed by atoms with E-state index in [0.29, 0.717) is 25.6 Å². The SMILES string of the molecule is COCCOCCSCC(=O)N[C@@H]1C(O)C[C@@](O)([C-]=O)OC1[C@H](O)[C@H](O)CO.[Na+]. The van der Waals surface area contributed by atoms with Crippen LogP contribution in [-0.2, 0) is 23.8 Å². The molecule has 1 aliphatic rings. The molecule has 29 heavy (non-hydrogen) atoms. The number of methoxy groups -OCH3 is 1. The fourth-order valence-electron chi connectivity index (χ4n) is 2.58. The van der Waals surface area contributed by atoms with Gasteiger partial charge in [-0.15, -0.1) is 11.8 Å². The van der Waals surface area contributed by atoms with Crippen molar-refractivity contribution in [1.29, 1.82) is 0 Å². The maximum absolute atomic E-state index is 12.1. The van der Waals surface area contributed by atoms with Gasteiger partial charge in [0.2, 0.25) is 5.91 Å². The number of rotatable bonds is 13. The fourth-order valence-corrected chi connectivity index (χ4v) is 3.23. The summed E-state index contributed by atoms with van der Waals surface area (Å²) >= 11 is 1.27. The molecule has 0 aromatic heterocycles. The molecule has 0 bridgehead atoms. The van der Waals surface area contributed by atoms with E-state index in [-0.39, 0.29) is 35.3 Å². The number of aliphatic hydroxyl groups is 5. The van der Waals surface area contributed by atoms with E-state index in [9.17, 15) is 30.0 Å². The van der Waals surface area contributed by atoms with Crippen LogP contribution in [0.25, 0.3) is 0 Å². The minimum Gasteiger partial charge on any atom is -0.537 e. The van der Waals surface area contributed by atoms with E-state index in [2.05, 4.69) is 5.32 Å². The molecule has 0 aliphatic carbocycles. The summed E-state index contributed by atoms with van der Waals surface area (Å²) in [4.78, 5) is 23.1. The van der Waals surface area contributed by atoms with Crippen LogP contribution in [0.5, 0.6) is 0 Å². The quantitative estimate of drug-likeness (QED) is 0.0896. The molecule has 13 heteroatoms. The average Bonchev–Trinajstić information content (AvgIpc) is 2.68. The van der Waals surface area contributed by atoms with Gasteiger partial charge in [0, 0.05) is 19.3 Å². The molecule has 0 aromatic carbocycles. The molecule has 1 fully saturated rings. The van der Waals surface area contributed by atoms with Gasteiger partial charge < -0.3 is 49.9 Å². The van der Waals surface area contributed by atoms with Crippen molar-refractivity contribution < 1.29 is 78.9 Å². The van der Waals surface area contributed by atoms with Crippen LogP contribution >= 0.6 is 11.8 Å². The number of thioether (sulfide) groups is 1. The Kier molecular flexibility index (Phi) is 15.1. The predicted molar refractivity (Wildman–Crippen MR) is 97.2 cm³/mol. The third-order valence-corrected chi connectivity index (χ3v) is 4.95. The normalized spacial score (nSPS) is 28.8. The summed E-state index contributed by atoms with van der Waals surface area (Å²) in [6.07, 6.45) is -5.84. The summed E-state index contributed by atoms with van der Waals surface area (Å²) < 4.78 is 15.2. The number of amides is 1. The molecule has 11 nitrogen and oxygen atoms in total. The number of nitrogens with one attached hydrogen (secondary N) is 1. The smallest absolute Gasteiger partial charge is 0.537 e. The molecule has 1 heterocycles. The number of carbonyl (C=O) groups is 1. The molecule has 1 saturated heterocycles. The second-order valence-electron chi connectivity index (χ2n) is 6.23. The van der Waals surface area contributed by atoms with Gasteiger partial charge in [-0.25, -0.2) is 6.29 Å². The maximum atomic E-state index is 12.1. The van der Waals surface area contributed by atoms with Crippen molar-refractivity contribution in [2.24, 2.45) is 0 Å². The van der Waals surface area contributed by atoms with Gasteiger partial charge in [-0.3, -0.25) is 4.79 Å². The molecule has 0 saturated carbocycles. The summed E-state index contributed by atoms with van der Waals surface area (Å²) in [6.45, 7) is 0.500. The van der Waals surface area contributed by atoms with E-state index in [1.54, 1.807) is 7.11 Å². The Hall–Kier alpha value is 0.170. The van der Waals surface area contributed by atoms with E-state index in [1.807, 2.05) is 0 Å². The van der Waals surface area contributed by atoms with Crippen molar-refractivity contribution in [3.63, 3.8) is 0 Å². The zero-order valence-electron chi connectivity index (χ0n) is 16.5. The van der Waals surface area contributed by atoms with Crippen LogP contribution in [0.3, 0.4) is 0 Å². The Morgan fingerprint density at radius 3 is 2.66 bits per heavy atom. The maximum Gasteiger partial charge on any atom is 1.00 e. The van der Waals surface area contributed by atoms with E-state index in [1.165, 1.54) is 18.0 Å². The van der Waals surface area contributed by atoms with Crippen LogP contribution in [0, 0.1) is 0 Å². The van der Waals surface area contributed by atoms with Gasteiger partial charge in [0.25, 0.3) is 0 Å². The van der Waals surface area contributed by atoms with Crippen molar-refractivity contribution in [1.82, 2.24) is 5.32 Å². The van der Waals surface area contributed by atoms with Crippen LogP contribution < -0.4 is 34.9 Å². The molecular formula is C16H28NNaO10S. The monoisotopic (exact) mass is 449 g/mol. The van der Waals surface area contributed by atoms with Crippen molar-refractivity contribution in [3.8, 4) is 0 Å². The van der Waals surface area contributed by atoms with Gasteiger partial charge in [-0.1, -0.05) is 0 Å². The predicted octanol–water partition coefficient (Wildman–Crippen LogP) is -6.47. The Morgan fingerprint density at radius 1 is 1.38 bits per heavy atom. The summed E-state index contributed by atoms with van der Waals surface area (Å²) in [5.74, 6) is -2.44. The first-order chi connectivity index (χ1) is 13.3. The number of hydrogen-bond donors (Lipinski definition) is 6. The molecule has 1 amide bonds. The van der Waals surface area contributed by atoms with Crippen LogP contribution in [-0.4, -0.2) is 119 Å². The van der Waals surface area contributed by atoms with Crippen LogP contribution in [0.15, 0.2) is 0 Å². The van der Waals surface area contributed by atoms with Crippen LogP contribution in [0.4, 0.5) is 0 Å². The van der Waals surface area contributed by atoms with Crippen LogP contribution in [0.2, 0.25) is 0 Å². The van der Waals surface area contributed by atoms with E-state index in [4.69, 9.17) is 19.3 Å². The van der Waals surface area contributed by atoms with Crippen molar-refractivity contribution in [2.45, 2.75) is 42.7 Å². The van der Waals surface area contributed by atoms with E-state index in [0.717, 1.165) is 0 Å². The minimum atomic E-state index is -2.50. The largest absolute Gasteiger partial charge is 1.00 e. The van der Waals surface area contributed by atoms with Crippen LogP contribution in [0.1, 0.15) is 6.42 Å². The summed E-state index contributed by atoms with van der Waals surface area (Å²) in [5, 5.41) is 51.4. The molecule has 0 aromatic rings. The summed E-state index contributed by atoms with van der Waals surface area (Å²) in [6, 6.07) is -1.23. The van der Waals surface area contributed by atoms with Crippen molar-refractivity contribution >= 4 is 24.0 Å². The molecule has 0 radical (unpaired) electrons. The molecule has 1 rings (SSSR count). The molecule has 1 aliphatic heterocycles. The molecule has 164 valence electrons. The average molecular weight is 449 g/mol. The zero-order valence-corrected chi connectivity index (χ0v) is 19.3. The molecule has 0 spiro atoms. The second kappa shape index (κ2) is 15.1. The van der Waals surface area contributed by atoms with E-state index >= 15 is 0 Å². The first-order valence-electron chi connectivity index (χ1n) is 8.66. The Bertz CT molecular complexity index is 491. The van der Waals surface area contributed by atoms with Gasteiger partial charge in [0.05, 0.1) is 50.1 Å². The summed E-state index contributed by atoms with van der Waals surface area (Å²) in [5.41, 5.74) is 0. The zero-order chi connectivity index (χ0) is 21.2. The standard InChI is InChI=1S/C16H28NO10S.Na/c1-25-2-3-26-4-5-28-8-12(22)17-13-10(20)6-16(24,9-19)27-15(13)14(23)11(21)7-18;/h10-11,13-15,18,20-21,23-24H,2-8H2,1H3,(H,17,22);/q-1;+1/t10?,11-,13-,14-,15?,16+;/m1./s1. The third kappa shape index (κ3) is 9.89. The van der Waals surface area contributed by atoms with Gasteiger partial charge in [-0.2, -0.15) is 0 Å². The second-order valence-corrected chi connectivity index (χ2v) is 7.34. The number of hydrogen-bond acceptors (Lipinski definition) is 11. The van der Waals surface area contributed by atoms with Gasteiger partial charge in [-0.05, 0) is 0 Å². The van der Waals surface area contributed by atoms with Crippen molar-refractivity contribution in [3.05, 3.63) is 0 Å². The fraction of sp³-hybridized carbons (Fsp3) is 0.875. The van der Waals surface area contributed by atoms with Gasteiger partial charge in [0.1, 0.15) is 18.3 Å². The van der Waals surface area contributed by atoms with Gasteiger partial charge in [0.15, 0.2) is 0 Å². The summed E-state index contributed by atoms with van der Waals surface area (Å²) in [7, 11) is 1.56. The number of ether oxygens (including phenoxy) is 3. The minimum absolute atomic E-state index is 0. The topological polar surface area (TPSA) is 175 Å². The number of carbonyl (C=O) groups excluding carboxylic acids is 2. The Balaban J connectivity index is 0.00000784. The molecule has 6 atom stereocenters. The molecule has 2 unspecified atom stereocenters. The third-order valence-electron chi connectivity index (χ3n) is 4.03. The molecular weight excluding hydrogens is 421 g/mol. The first-order valence-corrected chi connectivity index (χ1v) is 9.81. The Morgan fingerprint density at radius 2 is 2.07 bits per heavy atom. The first kappa shape index (κ1) is 29.2. The van der Waals surface area contributed by atoms with Crippen molar-refractivity contribution in [2.75, 3.05) is 45.0 Å². The molecule has 6 N–H and O–H groups in total. The van der Waals surface area contributed by atoms with Gasteiger partial charge >= 0.3 is 29.6 Å². The number of aliphatic hydroxyl groups excluding tert-OH is 4. The Labute approximate surface area is 195 Å². The van der Waals surface area contributed by atoms with E-state index < -0.39 is 55.2 Å².